The van der Waals surface area contributed by atoms with E-state index in [-0.39, 0.29) is 24.0 Å². The molecule has 0 aliphatic carbocycles. The van der Waals surface area contributed by atoms with E-state index in [1.165, 1.54) is 11.2 Å². The predicted octanol–water partition coefficient (Wildman–Crippen LogP) is 5.80. The van der Waals surface area contributed by atoms with E-state index >= 15 is 0 Å². The smallest absolute Gasteiger partial charge is 0.296 e. The summed E-state index contributed by atoms with van der Waals surface area (Å²) in [6.07, 6.45) is 2.27. The second kappa shape index (κ2) is 10.2. The largest absolute Gasteiger partial charge is 0.507 e. The summed E-state index contributed by atoms with van der Waals surface area (Å²) in [5, 5.41) is 11.4. The molecule has 1 fully saturated rings. The molecule has 0 saturated carbocycles. The van der Waals surface area contributed by atoms with Gasteiger partial charge in [0, 0.05) is 12.0 Å². The SMILES string of the molecule is CC1Cc2cc(/C(O)=C3/C(=O)C(=O)N(Cc4ccco4)C3c3ccc(OCc4ccccc4)cc3)ccc2O1. The highest BCUT2D eigenvalue weighted by atomic mass is 16.5. The van der Waals surface area contributed by atoms with Crippen LogP contribution >= 0.6 is 0 Å². The second-order valence-corrected chi connectivity index (χ2v) is 9.80. The van der Waals surface area contributed by atoms with Gasteiger partial charge >= 0.3 is 0 Å². The van der Waals surface area contributed by atoms with Crippen molar-refractivity contribution in [2.45, 2.75) is 38.6 Å². The molecule has 1 aromatic heterocycles. The molecule has 7 heteroatoms. The lowest BCUT2D eigenvalue weighted by molar-refractivity contribution is -0.140. The zero-order valence-corrected chi connectivity index (χ0v) is 21.4. The number of fused-ring (bicyclic) bond motifs is 1. The summed E-state index contributed by atoms with van der Waals surface area (Å²) >= 11 is 0. The van der Waals surface area contributed by atoms with Crippen molar-refractivity contribution in [3.05, 3.63) is 125 Å². The fourth-order valence-corrected chi connectivity index (χ4v) is 5.17. The lowest BCUT2D eigenvalue weighted by Crippen LogP contribution is -2.29. The fourth-order valence-electron chi connectivity index (χ4n) is 5.17. The van der Waals surface area contributed by atoms with Crippen molar-refractivity contribution in [1.29, 1.82) is 0 Å². The zero-order valence-electron chi connectivity index (χ0n) is 21.4. The van der Waals surface area contributed by atoms with E-state index in [4.69, 9.17) is 13.9 Å². The number of aliphatic hydroxyl groups excluding tert-OH is 1. The number of benzene rings is 3. The Kier molecular flexibility index (Phi) is 6.40. The van der Waals surface area contributed by atoms with E-state index < -0.39 is 17.7 Å². The first-order valence-electron chi connectivity index (χ1n) is 12.9. The van der Waals surface area contributed by atoms with Gasteiger partial charge in [0.2, 0.25) is 0 Å². The highest BCUT2D eigenvalue weighted by Crippen LogP contribution is 2.41. The summed E-state index contributed by atoms with van der Waals surface area (Å²) in [4.78, 5) is 28.1. The van der Waals surface area contributed by atoms with E-state index in [9.17, 15) is 14.7 Å². The zero-order chi connectivity index (χ0) is 26.9. The summed E-state index contributed by atoms with van der Waals surface area (Å²) < 4.78 is 17.2. The summed E-state index contributed by atoms with van der Waals surface area (Å²) in [5.74, 6) is 0.303. The molecule has 39 heavy (non-hydrogen) atoms. The minimum atomic E-state index is -0.804. The first kappa shape index (κ1) is 24.6. The Morgan fingerprint density at radius 3 is 2.54 bits per heavy atom. The topological polar surface area (TPSA) is 89.2 Å². The van der Waals surface area contributed by atoms with E-state index in [0.717, 1.165) is 16.9 Å². The van der Waals surface area contributed by atoms with Crippen molar-refractivity contribution in [3.8, 4) is 11.5 Å². The number of Topliss-reactive ketones (excluding diaryl/α,β-unsaturated/α-hetero) is 1. The number of likely N-dealkylation sites (tertiary alicyclic amines) is 1. The maximum atomic E-state index is 13.4. The van der Waals surface area contributed by atoms with Gasteiger partial charge < -0.3 is 23.9 Å². The Hall–Kier alpha value is -4.78. The van der Waals surface area contributed by atoms with Gasteiger partial charge in [-0.05, 0) is 66.1 Å². The van der Waals surface area contributed by atoms with Crippen LogP contribution in [0.15, 0.2) is 101 Å². The minimum absolute atomic E-state index is 0.0384. The number of hydrogen-bond acceptors (Lipinski definition) is 6. The maximum absolute atomic E-state index is 13.4. The van der Waals surface area contributed by atoms with Crippen LogP contribution in [0.1, 0.15) is 41.0 Å². The summed E-state index contributed by atoms with van der Waals surface area (Å²) in [6, 6.07) is 25.1. The normalized spacial score (nSPS) is 19.7. The summed E-state index contributed by atoms with van der Waals surface area (Å²) in [6.45, 7) is 2.48. The Labute approximate surface area is 225 Å². The van der Waals surface area contributed by atoms with E-state index in [1.807, 2.05) is 55.5 Å². The lowest BCUT2D eigenvalue weighted by atomic mass is 9.94. The first-order valence-corrected chi connectivity index (χ1v) is 12.9. The minimum Gasteiger partial charge on any atom is -0.507 e. The summed E-state index contributed by atoms with van der Waals surface area (Å²) in [5.41, 5.74) is 3.18. The Balaban J connectivity index is 1.36. The van der Waals surface area contributed by atoms with Crippen molar-refractivity contribution >= 4 is 17.4 Å². The number of furan rings is 1. The third kappa shape index (κ3) is 4.79. The third-order valence-electron chi connectivity index (χ3n) is 7.06. The van der Waals surface area contributed by atoms with Crippen molar-refractivity contribution in [2.24, 2.45) is 0 Å². The molecule has 2 aliphatic rings. The second-order valence-electron chi connectivity index (χ2n) is 9.80. The Bertz CT molecular complexity index is 1540. The molecule has 7 nitrogen and oxygen atoms in total. The maximum Gasteiger partial charge on any atom is 0.296 e. The van der Waals surface area contributed by atoms with Crippen LogP contribution in [0, 0.1) is 0 Å². The number of aliphatic hydroxyl groups is 1. The van der Waals surface area contributed by atoms with Crippen LogP contribution in [0.3, 0.4) is 0 Å². The van der Waals surface area contributed by atoms with Crippen LogP contribution in [-0.4, -0.2) is 27.8 Å². The molecule has 1 saturated heterocycles. The molecule has 1 amide bonds. The number of ether oxygens (including phenoxy) is 2. The Morgan fingerprint density at radius 1 is 1.00 bits per heavy atom. The number of nitrogens with zero attached hydrogens (tertiary/aromatic N) is 1. The molecule has 196 valence electrons. The number of ketones is 1. The average molecular weight is 522 g/mol. The van der Waals surface area contributed by atoms with Crippen LogP contribution in [0.5, 0.6) is 11.5 Å². The highest BCUT2D eigenvalue weighted by Gasteiger charge is 2.46. The number of amides is 1. The van der Waals surface area contributed by atoms with E-state index in [0.29, 0.717) is 35.7 Å². The molecule has 0 radical (unpaired) electrons. The van der Waals surface area contributed by atoms with Crippen LogP contribution in [0.4, 0.5) is 0 Å². The van der Waals surface area contributed by atoms with Gasteiger partial charge in [-0.25, -0.2) is 0 Å². The summed E-state index contributed by atoms with van der Waals surface area (Å²) in [7, 11) is 0. The predicted molar refractivity (Wildman–Crippen MR) is 144 cm³/mol. The molecule has 3 aromatic carbocycles. The molecule has 2 aliphatic heterocycles. The third-order valence-corrected chi connectivity index (χ3v) is 7.06. The molecule has 3 heterocycles. The van der Waals surface area contributed by atoms with Gasteiger partial charge in [-0.3, -0.25) is 9.59 Å². The van der Waals surface area contributed by atoms with Crippen LogP contribution in [0.2, 0.25) is 0 Å². The van der Waals surface area contributed by atoms with Crippen molar-refractivity contribution in [3.63, 3.8) is 0 Å². The molecule has 6 rings (SSSR count). The molecule has 0 bridgehead atoms. The monoisotopic (exact) mass is 521 g/mol. The molecular weight excluding hydrogens is 494 g/mol. The first-order chi connectivity index (χ1) is 19.0. The Morgan fingerprint density at radius 2 is 1.79 bits per heavy atom. The fraction of sp³-hybridized carbons (Fsp3) is 0.188. The molecule has 2 unspecified atom stereocenters. The molecular formula is C32H27NO6. The van der Waals surface area contributed by atoms with Crippen molar-refractivity contribution in [1.82, 2.24) is 4.90 Å². The number of carbonyl (C=O) groups excluding carboxylic acids is 2. The lowest BCUT2D eigenvalue weighted by Gasteiger charge is -2.24. The van der Waals surface area contributed by atoms with Crippen LogP contribution in [0.25, 0.3) is 5.76 Å². The van der Waals surface area contributed by atoms with E-state index in [2.05, 4.69) is 0 Å². The van der Waals surface area contributed by atoms with Crippen LogP contribution in [-0.2, 0) is 29.2 Å². The van der Waals surface area contributed by atoms with Gasteiger partial charge in [0.15, 0.2) is 0 Å². The molecule has 2 atom stereocenters. The molecule has 1 N–H and O–H groups in total. The van der Waals surface area contributed by atoms with Gasteiger partial charge in [-0.15, -0.1) is 0 Å². The number of carbonyl (C=O) groups is 2. The van der Waals surface area contributed by atoms with E-state index in [1.54, 1.807) is 36.4 Å². The van der Waals surface area contributed by atoms with Crippen molar-refractivity contribution < 1.29 is 28.6 Å². The molecule has 4 aromatic rings. The number of rotatable bonds is 7. The standard InChI is InChI=1S/C32H27NO6/c1-20-16-24-17-23(11-14-27(24)39-20)30(34)28-29(33(32(36)31(28)35)18-26-8-5-15-37-26)22-9-12-25(13-10-22)38-19-21-6-3-2-4-7-21/h2-15,17,20,29,34H,16,18-19H2,1H3/b30-28-. The van der Waals surface area contributed by atoms with Gasteiger partial charge in [-0.2, -0.15) is 0 Å². The van der Waals surface area contributed by atoms with Gasteiger partial charge in [0.05, 0.1) is 24.4 Å². The highest BCUT2D eigenvalue weighted by molar-refractivity contribution is 6.46. The van der Waals surface area contributed by atoms with Gasteiger partial charge in [0.1, 0.15) is 35.7 Å². The molecule has 0 spiro atoms. The number of hydrogen-bond donors (Lipinski definition) is 1. The average Bonchev–Trinajstić information content (AvgIpc) is 3.67. The van der Waals surface area contributed by atoms with Crippen molar-refractivity contribution in [2.75, 3.05) is 0 Å². The van der Waals surface area contributed by atoms with Gasteiger partial charge in [-0.1, -0.05) is 42.5 Å². The quantitative estimate of drug-likeness (QED) is 0.188. The van der Waals surface area contributed by atoms with Gasteiger partial charge in [0.25, 0.3) is 11.7 Å². The van der Waals surface area contributed by atoms with Crippen LogP contribution < -0.4 is 9.47 Å².